The number of hydrogen-bond donors (Lipinski definition) is 1. The predicted molar refractivity (Wildman–Crippen MR) is 105 cm³/mol. The van der Waals surface area contributed by atoms with Gasteiger partial charge < -0.3 is 9.73 Å². The summed E-state index contributed by atoms with van der Waals surface area (Å²) >= 11 is 5.83. The van der Waals surface area contributed by atoms with Crippen LogP contribution in [-0.4, -0.2) is 10.9 Å². The first kappa shape index (κ1) is 17.0. The topological polar surface area (TPSA) is 72.2 Å². The average molecular weight is 377 g/mol. The van der Waals surface area contributed by atoms with Gasteiger partial charge in [-0.3, -0.25) is 4.79 Å². The first-order valence-corrected chi connectivity index (χ1v) is 8.55. The Bertz CT molecular complexity index is 1180. The zero-order valence-corrected chi connectivity index (χ0v) is 14.7. The molecular weight excluding hydrogens is 364 g/mol. The fraction of sp³-hybridized carbons (Fsp3) is 0. The standard InChI is InChI=1S/C21H13ClN2O3/c22-15-9-5-13(6-10-15)19(25)23-16-11-7-14(8-12-16)20-24-18-4-2-1-3-17(18)21(26)27-20/h1-12H,(H,23,25). The van der Waals surface area contributed by atoms with E-state index in [2.05, 4.69) is 10.3 Å². The van der Waals surface area contributed by atoms with Crippen molar-refractivity contribution in [1.82, 2.24) is 4.98 Å². The van der Waals surface area contributed by atoms with Crippen molar-refractivity contribution in [2.75, 3.05) is 5.32 Å². The van der Waals surface area contributed by atoms with E-state index in [1.54, 1.807) is 66.7 Å². The minimum atomic E-state index is -0.435. The zero-order chi connectivity index (χ0) is 18.8. The number of carbonyl (C=O) groups is 1. The third-order valence-corrected chi connectivity index (χ3v) is 4.28. The number of nitrogens with zero attached hydrogens (tertiary/aromatic N) is 1. The van der Waals surface area contributed by atoms with Gasteiger partial charge in [0.25, 0.3) is 5.91 Å². The summed E-state index contributed by atoms with van der Waals surface area (Å²) in [7, 11) is 0. The molecule has 4 aromatic rings. The van der Waals surface area contributed by atoms with E-state index in [4.69, 9.17) is 16.0 Å². The highest BCUT2D eigenvalue weighted by molar-refractivity contribution is 6.30. The fourth-order valence-electron chi connectivity index (χ4n) is 2.64. The van der Waals surface area contributed by atoms with Crippen molar-refractivity contribution in [2.45, 2.75) is 0 Å². The third-order valence-electron chi connectivity index (χ3n) is 4.03. The molecule has 0 atom stereocenters. The Balaban J connectivity index is 1.58. The van der Waals surface area contributed by atoms with Gasteiger partial charge in [0.15, 0.2) is 0 Å². The molecule has 5 nitrogen and oxygen atoms in total. The molecule has 6 heteroatoms. The Labute approximate surface area is 159 Å². The molecular formula is C21H13ClN2O3. The molecule has 0 aliphatic heterocycles. The van der Waals surface area contributed by atoms with Crippen LogP contribution in [0, 0.1) is 0 Å². The van der Waals surface area contributed by atoms with Crippen LogP contribution in [0.1, 0.15) is 10.4 Å². The lowest BCUT2D eigenvalue weighted by Gasteiger charge is -2.07. The van der Waals surface area contributed by atoms with Crippen molar-refractivity contribution in [1.29, 1.82) is 0 Å². The van der Waals surface area contributed by atoms with E-state index in [0.717, 1.165) is 0 Å². The average Bonchev–Trinajstić information content (AvgIpc) is 2.69. The molecule has 0 spiro atoms. The maximum absolute atomic E-state index is 12.2. The summed E-state index contributed by atoms with van der Waals surface area (Å²) in [5.41, 5.74) is 1.90. The molecule has 0 bridgehead atoms. The van der Waals surface area contributed by atoms with E-state index in [-0.39, 0.29) is 11.8 Å². The van der Waals surface area contributed by atoms with E-state index >= 15 is 0 Å². The van der Waals surface area contributed by atoms with E-state index in [0.29, 0.717) is 32.7 Å². The normalized spacial score (nSPS) is 10.7. The molecule has 3 aromatic carbocycles. The van der Waals surface area contributed by atoms with Crippen LogP contribution in [0.5, 0.6) is 0 Å². The van der Waals surface area contributed by atoms with Gasteiger partial charge in [0, 0.05) is 21.8 Å². The van der Waals surface area contributed by atoms with Gasteiger partial charge in [0.2, 0.25) is 5.89 Å². The number of carbonyl (C=O) groups excluding carboxylic acids is 1. The number of amides is 1. The Morgan fingerprint density at radius 1 is 0.926 bits per heavy atom. The largest absolute Gasteiger partial charge is 0.403 e. The first-order valence-electron chi connectivity index (χ1n) is 8.17. The minimum absolute atomic E-state index is 0.231. The monoisotopic (exact) mass is 376 g/mol. The molecule has 0 fully saturated rings. The maximum Gasteiger partial charge on any atom is 0.347 e. The third kappa shape index (κ3) is 3.59. The minimum Gasteiger partial charge on any atom is -0.403 e. The summed E-state index contributed by atoms with van der Waals surface area (Å²) in [4.78, 5) is 28.7. The molecule has 1 heterocycles. The molecule has 0 radical (unpaired) electrons. The number of hydrogen-bond acceptors (Lipinski definition) is 4. The summed E-state index contributed by atoms with van der Waals surface area (Å²) < 4.78 is 5.31. The lowest BCUT2D eigenvalue weighted by Crippen LogP contribution is -2.11. The molecule has 1 aromatic heterocycles. The van der Waals surface area contributed by atoms with Crippen molar-refractivity contribution in [3.05, 3.63) is 93.8 Å². The second-order valence-electron chi connectivity index (χ2n) is 5.86. The molecule has 0 saturated heterocycles. The lowest BCUT2D eigenvalue weighted by atomic mass is 10.1. The fourth-order valence-corrected chi connectivity index (χ4v) is 2.77. The smallest absolute Gasteiger partial charge is 0.347 e. The van der Waals surface area contributed by atoms with Gasteiger partial charge in [-0.15, -0.1) is 0 Å². The van der Waals surface area contributed by atoms with E-state index in [1.807, 2.05) is 6.07 Å². The van der Waals surface area contributed by atoms with Crippen molar-refractivity contribution in [2.24, 2.45) is 0 Å². The van der Waals surface area contributed by atoms with Crippen LogP contribution in [0.15, 0.2) is 82.0 Å². The van der Waals surface area contributed by atoms with Crippen LogP contribution in [0.2, 0.25) is 5.02 Å². The zero-order valence-electron chi connectivity index (χ0n) is 14.0. The number of fused-ring (bicyclic) bond motifs is 1. The van der Waals surface area contributed by atoms with Gasteiger partial charge in [-0.25, -0.2) is 9.78 Å². The van der Waals surface area contributed by atoms with Crippen LogP contribution in [-0.2, 0) is 0 Å². The Kier molecular flexibility index (Phi) is 4.44. The second kappa shape index (κ2) is 7.05. The van der Waals surface area contributed by atoms with E-state index in [1.165, 1.54) is 0 Å². The highest BCUT2D eigenvalue weighted by atomic mass is 35.5. The first-order chi connectivity index (χ1) is 13.1. The predicted octanol–water partition coefficient (Wildman–Crippen LogP) is 4.76. The highest BCUT2D eigenvalue weighted by Gasteiger charge is 2.09. The summed E-state index contributed by atoms with van der Waals surface area (Å²) in [6, 6.07) is 20.5. The summed E-state index contributed by atoms with van der Waals surface area (Å²) in [6.45, 7) is 0. The van der Waals surface area contributed by atoms with Gasteiger partial charge in [-0.1, -0.05) is 23.7 Å². The van der Waals surface area contributed by atoms with E-state index in [9.17, 15) is 9.59 Å². The molecule has 0 aliphatic carbocycles. The number of rotatable bonds is 3. The summed E-state index contributed by atoms with van der Waals surface area (Å²) in [6.07, 6.45) is 0. The summed E-state index contributed by atoms with van der Waals surface area (Å²) in [5.74, 6) is -0.0101. The molecule has 1 amide bonds. The lowest BCUT2D eigenvalue weighted by molar-refractivity contribution is 0.102. The Hall–Kier alpha value is -3.44. The van der Waals surface area contributed by atoms with Gasteiger partial charge in [-0.05, 0) is 60.7 Å². The van der Waals surface area contributed by atoms with Crippen LogP contribution in [0.25, 0.3) is 22.4 Å². The molecule has 0 unspecified atom stereocenters. The number of para-hydroxylation sites is 1. The van der Waals surface area contributed by atoms with Gasteiger partial charge >= 0.3 is 5.63 Å². The van der Waals surface area contributed by atoms with Crippen LogP contribution < -0.4 is 10.9 Å². The number of aromatic nitrogens is 1. The van der Waals surface area contributed by atoms with Crippen molar-refractivity contribution in [3.63, 3.8) is 0 Å². The molecule has 132 valence electrons. The van der Waals surface area contributed by atoms with Gasteiger partial charge in [0.05, 0.1) is 10.9 Å². The van der Waals surface area contributed by atoms with Crippen molar-refractivity contribution >= 4 is 34.1 Å². The Morgan fingerprint density at radius 2 is 1.63 bits per heavy atom. The van der Waals surface area contributed by atoms with Crippen molar-refractivity contribution < 1.29 is 9.21 Å². The second-order valence-corrected chi connectivity index (χ2v) is 6.30. The van der Waals surface area contributed by atoms with Gasteiger partial charge in [-0.2, -0.15) is 0 Å². The SMILES string of the molecule is O=C(Nc1ccc(-c2nc3ccccc3c(=O)o2)cc1)c1ccc(Cl)cc1. The molecule has 27 heavy (non-hydrogen) atoms. The maximum atomic E-state index is 12.2. The highest BCUT2D eigenvalue weighted by Crippen LogP contribution is 2.21. The Morgan fingerprint density at radius 3 is 2.37 bits per heavy atom. The molecule has 0 aliphatic rings. The summed E-state index contributed by atoms with van der Waals surface area (Å²) in [5, 5.41) is 3.81. The van der Waals surface area contributed by atoms with E-state index < -0.39 is 5.63 Å². The van der Waals surface area contributed by atoms with Gasteiger partial charge in [0.1, 0.15) is 0 Å². The van der Waals surface area contributed by atoms with Crippen LogP contribution >= 0.6 is 11.6 Å². The number of anilines is 1. The van der Waals surface area contributed by atoms with Crippen molar-refractivity contribution in [3.8, 4) is 11.5 Å². The molecule has 0 saturated carbocycles. The quantitative estimate of drug-likeness (QED) is 0.559. The molecule has 4 rings (SSSR count). The van der Waals surface area contributed by atoms with Crippen LogP contribution in [0.4, 0.5) is 5.69 Å². The number of benzene rings is 3. The number of nitrogens with one attached hydrogen (secondary N) is 1. The van der Waals surface area contributed by atoms with Crippen LogP contribution in [0.3, 0.4) is 0 Å². The number of halogens is 1. The molecule has 1 N–H and O–H groups in total.